The smallest absolute Gasteiger partial charge is 0.410 e. The Morgan fingerprint density at radius 3 is 2.38 bits per heavy atom. The topological polar surface area (TPSA) is 97.1 Å². The Morgan fingerprint density at radius 1 is 0.936 bits per heavy atom. The van der Waals surface area contributed by atoms with E-state index in [4.69, 9.17) is 9.47 Å². The number of aryl methyl sites for hydroxylation is 1. The fourth-order valence-corrected chi connectivity index (χ4v) is 7.76. The molecule has 1 aromatic heterocycles. The van der Waals surface area contributed by atoms with Crippen LogP contribution in [0.2, 0.25) is 0 Å². The molecule has 0 spiro atoms. The van der Waals surface area contributed by atoms with Gasteiger partial charge in [-0.15, -0.1) is 0 Å². The van der Waals surface area contributed by atoms with Crippen LogP contribution < -0.4 is 9.64 Å². The van der Waals surface area contributed by atoms with Crippen molar-refractivity contribution in [3.8, 4) is 16.9 Å². The zero-order chi connectivity index (χ0) is 32.5. The second kappa shape index (κ2) is 13.7. The SMILES string of the molecule is COc1ccc(C2CCC(CN(C(=O)C3CCC(OC(=O)N4CC(O)C4)CC3)c3cccc(-c4cnn(C5CC5)c4)c3)CC2)cc1C. The number of anilines is 1. The zero-order valence-electron chi connectivity index (χ0n) is 27.7. The number of nitrogens with zero attached hydrogens (tertiary/aromatic N) is 4. The Bertz CT molecular complexity index is 1560. The maximum Gasteiger partial charge on any atom is 0.410 e. The number of methoxy groups -OCH3 is 1. The Kier molecular flexibility index (Phi) is 9.26. The number of carbonyl (C=O) groups excluding carboxylic acids is 2. The molecule has 9 nitrogen and oxygen atoms in total. The lowest BCUT2D eigenvalue weighted by molar-refractivity contribution is -0.124. The molecule has 1 aliphatic heterocycles. The predicted octanol–water partition coefficient (Wildman–Crippen LogP) is 6.88. The Balaban J connectivity index is 1.04. The van der Waals surface area contributed by atoms with Crippen molar-refractivity contribution in [2.24, 2.45) is 11.8 Å². The summed E-state index contributed by atoms with van der Waals surface area (Å²) in [6.07, 6.45) is 12.6. The fraction of sp³-hybridized carbons (Fsp3) is 0.553. The van der Waals surface area contributed by atoms with E-state index in [9.17, 15) is 14.7 Å². The highest BCUT2D eigenvalue weighted by Gasteiger charge is 2.36. The van der Waals surface area contributed by atoms with Crippen LogP contribution in [0.4, 0.5) is 10.5 Å². The first kappa shape index (κ1) is 31.7. The summed E-state index contributed by atoms with van der Waals surface area (Å²) in [5, 5.41) is 14.1. The maximum atomic E-state index is 14.4. The summed E-state index contributed by atoms with van der Waals surface area (Å²) in [6, 6.07) is 15.5. The highest BCUT2D eigenvalue weighted by atomic mass is 16.6. The van der Waals surface area contributed by atoms with Crippen molar-refractivity contribution in [3.05, 3.63) is 66.0 Å². The van der Waals surface area contributed by atoms with Crippen molar-refractivity contribution >= 4 is 17.7 Å². The highest BCUT2D eigenvalue weighted by molar-refractivity contribution is 5.95. The number of carbonyl (C=O) groups is 2. The molecule has 1 N–H and O–H groups in total. The maximum absolute atomic E-state index is 14.4. The summed E-state index contributed by atoms with van der Waals surface area (Å²) in [5.41, 5.74) is 5.67. The summed E-state index contributed by atoms with van der Waals surface area (Å²) >= 11 is 0. The molecule has 2 heterocycles. The quantitative estimate of drug-likeness (QED) is 0.274. The first-order valence-corrected chi connectivity index (χ1v) is 17.6. The van der Waals surface area contributed by atoms with Gasteiger partial charge in [-0.05, 0) is 118 Å². The van der Waals surface area contributed by atoms with Crippen molar-refractivity contribution in [1.29, 1.82) is 0 Å². The van der Waals surface area contributed by atoms with Crippen molar-refractivity contribution in [2.45, 2.75) is 95.3 Å². The molecule has 2 amide bonds. The van der Waals surface area contributed by atoms with E-state index >= 15 is 0 Å². The molecular formula is C38H48N4O5. The number of aromatic nitrogens is 2. The van der Waals surface area contributed by atoms with Crippen LogP contribution in [-0.2, 0) is 9.53 Å². The monoisotopic (exact) mass is 640 g/mol. The Morgan fingerprint density at radius 2 is 1.70 bits per heavy atom. The lowest BCUT2D eigenvalue weighted by Gasteiger charge is -2.38. The fourth-order valence-electron chi connectivity index (χ4n) is 7.76. The van der Waals surface area contributed by atoms with Gasteiger partial charge < -0.3 is 24.4 Å². The number of aliphatic hydroxyl groups excluding tert-OH is 1. The molecule has 47 heavy (non-hydrogen) atoms. The van der Waals surface area contributed by atoms with Crippen molar-refractivity contribution in [2.75, 3.05) is 31.6 Å². The van der Waals surface area contributed by atoms with E-state index in [1.54, 1.807) is 7.11 Å². The van der Waals surface area contributed by atoms with Crippen molar-refractivity contribution < 1.29 is 24.2 Å². The second-order valence-corrected chi connectivity index (χ2v) is 14.3. The summed E-state index contributed by atoms with van der Waals surface area (Å²) in [6.45, 7) is 3.50. The minimum absolute atomic E-state index is 0.101. The standard InChI is InChI=1S/C38H48N4O5/c1-25-18-30(12-17-36(25)46-2)27-8-6-26(7-9-27)21-41(33-5-3-4-29(19-33)31-20-39-42(22-31)32-13-14-32)37(44)28-10-15-35(16-11-28)47-38(45)40-23-34(43)24-40/h3-5,12,17-20,22,26-28,32,34-35,43H,6-11,13-16,21,23-24H2,1-2H3. The molecule has 0 radical (unpaired) electrons. The molecule has 0 atom stereocenters. The van der Waals surface area contributed by atoms with Crippen LogP contribution in [0.5, 0.6) is 5.75 Å². The molecule has 250 valence electrons. The van der Waals surface area contributed by atoms with E-state index in [1.165, 1.54) is 28.9 Å². The number of ether oxygens (including phenoxy) is 2. The molecule has 0 bridgehead atoms. The highest BCUT2D eigenvalue weighted by Crippen LogP contribution is 2.40. The molecular weight excluding hydrogens is 592 g/mol. The van der Waals surface area contributed by atoms with Crippen molar-refractivity contribution in [3.63, 3.8) is 0 Å². The number of benzene rings is 2. The van der Waals surface area contributed by atoms with Gasteiger partial charge in [-0.25, -0.2) is 4.79 Å². The third kappa shape index (κ3) is 7.20. The van der Waals surface area contributed by atoms with Crippen LogP contribution in [0, 0.1) is 18.8 Å². The molecule has 3 saturated carbocycles. The molecule has 3 aromatic rings. The van der Waals surface area contributed by atoms with E-state index < -0.39 is 6.10 Å². The van der Waals surface area contributed by atoms with Crippen LogP contribution in [0.3, 0.4) is 0 Å². The van der Waals surface area contributed by atoms with Crippen LogP contribution in [0.25, 0.3) is 11.1 Å². The van der Waals surface area contributed by atoms with Gasteiger partial charge in [-0.3, -0.25) is 9.48 Å². The van der Waals surface area contributed by atoms with Gasteiger partial charge >= 0.3 is 6.09 Å². The van der Waals surface area contributed by atoms with Gasteiger partial charge in [0.1, 0.15) is 11.9 Å². The first-order valence-electron chi connectivity index (χ1n) is 17.6. The number of aliphatic hydroxyl groups is 1. The van der Waals surface area contributed by atoms with E-state index in [0.717, 1.165) is 48.2 Å². The molecule has 1 saturated heterocycles. The van der Waals surface area contributed by atoms with E-state index in [0.29, 0.717) is 63.2 Å². The number of β-amino-alcohol motifs (C(OH)–C–C–N with tert-alkyl or cyclic N) is 1. The molecule has 4 fully saturated rings. The minimum Gasteiger partial charge on any atom is -0.496 e. The number of likely N-dealkylation sites (tertiary alicyclic amines) is 1. The van der Waals surface area contributed by atoms with E-state index in [2.05, 4.69) is 70.3 Å². The minimum atomic E-state index is -0.448. The number of rotatable bonds is 9. The Labute approximate surface area is 277 Å². The first-order chi connectivity index (χ1) is 22.8. The summed E-state index contributed by atoms with van der Waals surface area (Å²) in [5.74, 6) is 1.97. The molecule has 3 aliphatic carbocycles. The molecule has 7 rings (SSSR count). The van der Waals surface area contributed by atoms with Crippen LogP contribution >= 0.6 is 0 Å². The summed E-state index contributed by atoms with van der Waals surface area (Å²) in [4.78, 5) is 30.4. The number of hydrogen-bond acceptors (Lipinski definition) is 6. The van der Waals surface area contributed by atoms with Gasteiger partial charge in [-0.1, -0.05) is 24.3 Å². The normalized spacial score (nSPS) is 24.8. The number of amides is 2. The van der Waals surface area contributed by atoms with E-state index in [1.807, 2.05) is 6.20 Å². The second-order valence-electron chi connectivity index (χ2n) is 14.3. The summed E-state index contributed by atoms with van der Waals surface area (Å²) < 4.78 is 13.3. The third-order valence-electron chi connectivity index (χ3n) is 10.9. The Hall–Kier alpha value is -3.85. The van der Waals surface area contributed by atoms with Gasteiger partial charge in [0, 0.05) is 29.9 Å². The predicted molar refractivity (Wildman–Crippen MR) is 181 cm³/mol. The lowest BCUT2D eigenvalue weighted by atomic mass is 9.78. The number of hydrogen-bond donors (Lipinski definition) is 1. The van der Waals surface area contributed by atoms with Gasteiger partial charge in [0.2, 0.25) is 5.91 Å². The van der Waals surface area contributed by atoms with Crippen LogP contribution in [0.1, 0.15) is 87.3 Å². The average Bonchev–Trinajstić information content (AvgIpc) is 3.81. The van der Waals surface area contributed by atoms with E-state index in [-0.39, 0.29) is 24.0 Å². The lowest BCUT2D eigenvalue weighted by Crippen LogP contribution is -2.54. The molecule has 0 unspecified atom stereocenters. The van der Waals surface area contributed by atoms with Crippen LogP contribution in [0.15, 0.2) is 54.9 Å². The summed E-state index contributed by atoms with van der Waals surface area (Å²) in [7, 11) is 1.72. The molecule has 9 heteroatoms. The third-order valence-corrected chi connectivity index (χ3v) is 10.9. The van der Waals surface area contributed by atoms with Gasteiger partial charge in [0.15, 0.2) is 0 Å². The average molecular weight is 641 g/mol. The van der Waals surface area contributed by atoms with Gasteiger partial charge in [-0.2, -0.15) is 5.10 Å². The largest absolute Gasteiger partial charge is 0.496 e. The molecule has 4 aliphatic rings. The van der Waals surface area contributed by atoms with Crippen molar-refractivity contribution in [1.82, 2.24) is 14.7 Å². The molecule has 2 aromatic carbocycles. The van der Waals surface area contributed by atoms with Crippen LogP contribution in [-0.4, -0.2) is 70.7 Å². The van der Waals surface area contributed by atoms with Gasteiger partial charge in [0.25, 0.3) is 0 Å². The zero-order valence-corrected chi connectivity index (χ0v) is 27.7. The van der Waals surface area contributed by atoms with Gasteiger partial charge in [0.05, 0.1) is 38.5 Å².